The van der Waals surface area contributed by atoms with Crippen LogP contribution in [-0.4, -0.2) is 39.8 Å². The normalized spacial score (nSPS) is 13.0. The first-order valence-corrected chi connectivity index (χ1v) is 8.99. The van der Waals surface area contributed by atoms with Gasteiger partial charge in [-0.05, 0) is 43.2 Å². The zero-order chi connectivity index (χ0) is 19.4. The SMILES string of the molecule is CN=C(NCCCCCOC)NCCC(C)c1cccc(C(F)(F)F)c1.I. The summed E-state index contributed by atoms with van der Waals surface area (Å²) in [6.45, 7) is 4.18. The van der Waals surface area contributed by atoms with Gasteiger partial charge in [-0.25, -0.2) is 0 Å². The third-order valence-corrected chi connectivity index (χ3v) is 4.19. The first-order chi connectivity index (χ1) is 12.4. The summed E-state index contributed by atoms with van der Waals surface area (Å²) >= 11 is 0. The van der Waals surface area contributed by atoms with Crippen molar-refractivity contribution in [2.45, 2.75) is 44.7 Å². The Kier molecular flexibility index (Phi) is 13.5. The topological polar surface area (TPSA) is 45.7 Å². The molecular weight excluding hydrogens is 470 g/mol. The largest absolute Gasteiger partial charge is 0.416 e. The highest BCUT2D eigenvalue weighted by Crippen LogP contribution is 2.31. The van der Waals surface area contributed by atoms with Crippen molar-refractivity contribution in [1.29, 1.82) is 0 Å². The van der Waals surface area contributed by atoms with Crippen molar-refractivity contribution in [2.75, 3.05) is 33.9 Å². The van der Waals surface area contributed by atoms with Gasteiger partial charge in [0.15, 0.2) is 5.96 Å². The molecule has 0 radical (unpaired) electrons. The van der Waals surface area contributed by atoms with Gasteiger partial charge in [-0.3, -0.25) is 4.99 Å². The summed E-state index contributed by atoms with van der Waals surface area (Å²) in [7, 11) is 3.40. The maximum atomic E-state index is 12.8. The number of benzene rings is 1. The van der Waals surface area contributed by atoms with Gasteiger partial charge < -0.3 is 15.4 Å². The van der Waals surface area contributed by atoms with E-state index in [1.165, 1.54) is 12.1 Å². The molecule has 8 heteroatoms. The highest BCUT2D eigenvalue weighted by molar-refractivity contribution is 14.0. The van der Waals surface area contributed by atoms with Crippen LogP contribution in [0.4, 0.5) is 13.2 Å². The second-order valence-electron chi connectivity index (χ2n) is 6.29. The van der Waals surface area contributed by atoms with E-state index in [9.17, 15) is 13.2 Å². The molecule has 0 aliphatic heterocycles. The third-order valence-electron chi connectivity index (χ3n) is 4.19. The molecule has 0 aliphatic carbocycles. The minimum Gasteiger partial charge on any atom is -0.385 e. The van der Waals surface area contributed by atoms with Crippen molar-refractivity contribution < 1.29 is 17.9 Å². The molecule has 0 saturated heterocycles. The zero-order valence-electron chi connectivity index (χ0n) is 16.2. The molecule has 1 aromatic rings. The number of halogens is 4. The van der Waals surface area contributed by atoms with E-state index >= 15 is 0 Å². The molecule has 4 nitrogen and oxygen atoms in total. The van der Waals surface area contributed by atoms with Crippen LogP contribution >= 0.6 is 24.0 Å². The lowest BCUT2D eigenvalue weighted by atomic mass is 9.96. The van der Waals surface area contributed by atoms with Crippen LogP contribution in [0.5, 0.6) is 0 Å². The molecule has 0 aromatic heterocycles. The van der Waals surface area contributed by atoms with Crippen molar-refractivity contribution in [1.82, 2.24) is 10.6 Å². The molecule has 0 fully saturated rings. The van der Waals surface area contributed by atoms with Crippen LogP contribution in [0.25, 0.3) is 0 Å². The predicted octanol–water partition coefficient (Wildman–Crippen LogP) is 4.80. The summed E-state index contributed by atoms with van der Waals surface area (Å²) in [6.07, 6.45) is -0.424. The zero-order valence-corrected chi connectivity index (χ0v) is 18.6. The number of methoxy groups -OCH3 is 1. The average Bonchev–Trinajstić information content (AvgIpc) is 2.62. The van der Waals surface area contributed by atoms with Gasteiger partial charge >= 0.3 is 6.18 Å². The molecule has 1 atom stereocenters. The van der Waals surface area contributed by atoms with E-state index in [1.807, 2.05) is 6.92 Å². The van der Waals surface area contributed by atoms with Crippen molar-refractivity contribution in [3.63, 3.8) is 0 Å². The van der Waals surface area contributed by atoms with Crippen LogP contribution in [0.1, 0.15) is 49.7 Å². The number of aliphatic imine (C=N–C) groups is 1. The first-order valence-electron chi connectivity index (χ1n) is 8.99. The van der Waals surface area contributed by atoms with Crippen molar-refractivity contribution in [3.8, 4) is 0 Å². The number of hydrogen-bond donors (Lipinski definition) is 2. The fourth-order valence-corrected chi connectivity index (χ4v) is 2.57. The van der Waals surface area contributed by atoms with Gasteiger partial charge in [0.2, 0.25) is 0 Å². The van der Waals surface area contributed by atoms with Crippen molar-refractivity contribution in [2.24, 2.45) is 4.99 Å². The van der Waals surface area contributed by atoms with Gasteiger partial charge in [0.25, 0.3) is 0 Å². The second kappa shape index (κ2) is 14.0. The maximum absolute atomic E-state index is 12.8. The smallest absolute Gasteiger partial charge is 0.385 e. The van der Waals surface area contributed by atoms with Crippen molar-refractivity contribution in [3.05, 3.63) is 35.4 Å². The Hall–Kier alpha value is -1.03. The number of unbranched alkanes of at least 4 members (excludes halogenated alkanes) is 2. The van der Waals surface area contributed by atoms with Crippen LogP contribution in [-0.2, 0) is 10.9 Å². The summed E-state index contributed by atoms with van der Waals surface area (Å²) in [6, 6.07) is 5.55. The fourth-order valence-electron chi connectivity index (χ4n) is 2.57. The fraction of sp³-hybridized carbons (Fsp3) is 0.632. The molecule has 1 rings (SSSR count). The Labute approximate surface area is 177 Å². The van der Waals surface area contributed by atoms with Crippen LogP contribution in [0, 0.1) is 0 Å². The average molecular weight is 501 g/mol. The van der Waals surface area contributed by atoms with Gasteiger partial charge in [0.05, 0.1) is 5.56 Å². The number of alkyl halides is 3. The van der Waals surface area contributed by atoms with E-state index < -0.39 is 11.7 Å². The summed E-state index contributed by atoms with van der Waals surface area (Å²) in [5, 5.41) is 6.45. The van der Waals surface area contributed by atoms with Crippen LogP contribution in [0.2, 0.25) is 0 Å². The lowest BCUT2D eigenvalue weighted by Gasteiger charge is -2.16. The van der Waals surface area contributed by atoms with Gasteiger partial charge in [-0.1, -0.05) is 25.1 Å². The molecule has 0 saturated carbocycles. The molecule has 1 unspecified atom stereocenters. The van der Waals surface area contributed by atoms with Gasteiger partial charge in [-0.2, -0.15) is 13.2 Å². The molecule has 0 aliphatic rings. The second-order valence-corrected chi connectivity index (χ2v) is 6.29. The number of hydrogen-bond acceptors (Lipinski definition) is 2. The van der Waals surface area contributed by atoms with Crippen LogP contribution < -0.4 is 10.6 Å². The minimum atomic E-state index is -4.30. The molecule has 156 valence electrons. The van der Waals surface area contributed by atoms with E-state index in [2.05, 4.69) is 15.6 Å². The van der Waals surface area contributed by atoms with Gasteiger partial charge in [-0.15, -0.1) is 24.0 Å². The van der Waals surface area contributed by atoms with E-state index in [4.69, 9.17) is 4.74 Å². The highest BCUT2D eigenvalue weighted by atomic mass is 127. The molecule has 0 heterocycles. The molecule has 0 amide bonds. The Morgan fingerprint density at radius 3 is 2.48 bits per heavy atom. The number of nitrogens with one attached hydrogen (secondary N) is 2. The number of nitrogens with zero attached hydrogens (tertiary/aromatic N) is 1. The quantitative estimate of drug-likeness (QED) is 0.210. The molecule has 2 N–H and O–H groups in total. The number of ether oxygens (including phenoxy) is 1. The summed E-state index contributed by atoms with van der Waals surface area (Å²) < 4.78 is 43.4. The lowest BCUT2D eigenvalue weighted by Crippen LogP contribution is -2.38. The van der Waals surface area contributed by atoms with Gasteiger partial charge in [0, 0.05) is 33.9 Å². The Morgan fingerprint density at radius 1 is 1.15 bits per heavy atom. The number of guanidine groups is 1. The summed E-state index contributed by atoms with van der Waals surface area (Å²) in [5.41, 5.74) is 0.100. The van der Waals surface area contributed by atoms with Crippen LogP contribution in [0.15, 0.2) is 29.3 Å². The lowest BCUT2D eigenvalue weighted by molar-refractivity contribution is -0.137. The van der Waals surface area contributed by atoms with E-state index in [-0.39, 0.29) is 29.9 Å². The Balaban J connectivity index is 0.00000676. The highest BCUT2D eigenvalue weighted by Gasteiger charge is 2.30. The minimum absolute atomic E-state index is 0. The van der Waals surface area contributed by atoms with Crippen LogP contribution in [0.3, 0.4) is 0 Å². The summed E-state index contributed by atoms with van der Waals surface area (Å²) in [5.74, 6) is 0.741. The van der Waals surface area contributed by atoms with Gasteiger partial charge in [0.1, 0.15) is 0 Å². The standard InChI is InChI=1S/C19H30F3N3O.HI/c1-15(16-8-7-9-17(14-16)19(20,21)22)10-12-25-18(23-2)24-11-5-4-6-13-26-3;/h7-9,14-15H,4-6,10-13H2,1-3H3,(H2,23,24,25);1H. The van der Waals surface area contributed by atoms with Crippen molar-refractivity contribution >= 4 is 29.9 Å². The van der Waals surface area contributed by atoms with E-state index in [0.717, 1.165) is 44.9 Å². The first kappa shape index (κ1) is 26.0. The van der Waals surface area contributed by atoms with E-state index in [1.54, 1.807) is 20.2 Å². The van der Waals surface area contributed by atoms with E-state index in [0.29, 0.717) is 18.1 Å². The third kappa shape index (κ3) is 10.8. The molecule has 1 aromatic carbocycles. The predicted molar refractivity (Wildman–Crippen MR) is 115 cm³/mol. The maximum Gasteiger partial charge on any atom is 0.416 e. The number of rotatable bonds is 10. The molecule has 27 heavy (non-hydrogen) atoms. The Bertz CT molecular complexity index is 553. The molecule has 0 spiro atoms. The monoisotopic (exact) mass is 501 g/mol. The Morgan fingerprint density at radius 2 is 1.85 bits per heavy atom. The molecule has 0 bridgehead atoms. The summed E-state index contributed by atoms with van der Waals surface area (Å²) in [4.78, 5) is 4.16. The molecular formula is C19H31F3IN3O.